The number of benzene rings is 2. The van der Waals surface area contributed by atoms with Gasteiger partial charge in [0.2, 0.25) is 0 Å². The number of oxime groups is 1. The number of nitrogens with one attached hydrogen (secondary N) is 3. The maximum Gasteiger partial charge on any atom is 0.258 e. The molecule has 5 rings (SSSR count). The van der Waals surface area contributed by atoms with Gasteiger partial charge < -0.3 is 20.8 Å². The number of para-hydroxylation sites is 1. The second kappa shape index (κ2) is 10.8. The van der Waals surface area contributed by atoms with Gasteiger partial charge in [-0.1, -0.05) is 23.4 Å². The van der Waals surface area contributed by atoms with Gasteiger partial charge in [0.25, 0.3) is 5.91 Å². The van der Waals surface area contributed by atoms with Gasteiger partial charge in [-0.2, -0.15) is 0 Å². The number of allylic oxidation sites excluding steroid dienone is 1. The number of nitrogens with zero attached hydrogens (tertiary/aromatic N) is 2. The number of hydrogen-bond acceptors (Lipinski definition) is 6. The van der Waals surface area contributed by atoms with E-state index in [9.17, 15) is 4.79 Å². The van der Waals surface area contributed by atoms with Gasteiger partial charge >= 0.3 is 0 Å². The van der Waals surface area contributed by atoms with Crippen LogP contribution in [0.1, 0.15) is 11.1 Å². The summed E-state index contributed by atoms with van der Waals surface area (Å²) in [6.45, 7) is 5.41. The smallest absolute Gasteiger partial charge is 0.258 e. The minimum absolute atomic E-state index is 0. The van der Waals surface area contributed by atoms with Crippen LogP contribution in [0, 0.1) is 3.57 Å². The number of amides is 1. The molecule has 1 fully saturated rings. The van der Waals surface area contributed by atoms with Crippen LogP contribution in [-0.2, 0) is 9.63 Å². The Hall–Kier alpha value is -1.85. The van der Waals surface area contributed by atoms with Crippen molar-refractivity contribution in [3.8, 4) is 0 Å². The minimum Gasteiger partial charge on any atom is -0.394 e. The van der Waals surface area contributed by atoms with Crippen molar-refractivity contribution in [2.75, 3.05) is 50.0 Å². The first-order valence-corrected chi connectivity index (χ1v) is 11.1. The highest BCUT2D eigenvalue weighted by Crippen LogP contribution is 2.39. The first-order chi connectivity index (χ1) is 14.7. The number of halogens is 3. The summed E-state index contributed by atoms with van der Waals surface area (Å²) in [5.74, 6) is -0.129. The molecule has 2 aromatic rings. The van der Waals surface area contributed by atoms with E-state index in [1.165, 1.54) is 0 Å². The highest BCUT2D eigenvalue weighted by molar-refractivity contribution is 14.1. The fourth-order valence-corrected chi connectivity index (χ4v) is 4.50. The van der Waals surface area contributed by atoms with Crippen LogP contribution >= 0.6 is 47.4 Å². The second-order valence-electron chi connectivity index (χ2n) is 7.43. The molecule has 0 unspecified atom stereocenters. The van der Waals surface area contributed by atoms with E-state index in [-0.39, 0.29) is 30.7 Å². The molecular weight excluding hydrogens is 564 g/mol. The molecule has 0 radical (unpaired) electrons. The summed E-state index contributed by atoms with van der Waals surface area (Å²) in [5, 5.41) is 14.2. The molecule has 2 aromatic carbocycles. The molecule has 170 valence electrons. The van der Waals surface area contributed by atoms with Crippen LogP contribution in [0.3, 0.4) is 0 Å². The lowest BCUT2D eigenvalue weighted by atomic mass is 10.0. The molecule has 0 saturated carbocycles. The molecule has 3 aliphatic heterocycles. The van der Waals surface area contributed by atoms with E-state index in [4.69, 9.17) is 4.84 Å². The van der Waals surface area contributed by atoms with Crippen molar-refractivity contribution in [1.82, 2.24) is 10.2 Å². The summed E-state index contributed by atoms with van der Waals surface area (Å²) in [5.41, 5.74) is 5.53. The Kier molecular flexibility index (Phi) is 8.40. The minimum atomic E-state index is -0.129. The van der Waals surface area contributed by atoms with Gasteiger partial charge in [-0.05, 0) is 46.9 Å². The van der Waals surface area contributed by atoms with Crippen LogP contribution in [-0.4, -0.2) is 55.8 Å². The quantitative estimate of drug-likeness (QED) is 0.221. The van der Waals surface area contributed by atoms with Crippen LogP contribution in [0.5, 0.6) is 0 Å². The summed E-state index contributed by atoms with van der Waals surface area (Å²) < 4.78 is 1.07. The topological polar surface area (TPSA) is 78.0 Å². The third-order valence-corrected chi connectivity index (χ3v) is 6.19. The highest BCUT2D eigenvalue weighted by atomic mass is 127. The zero-order valence-corrected chi connectivity index (χ0v) is 21.0. The normalized spacial score (nSPS) is 20.5. The molecular formula is C22H24Cl2IN5O2. The van der Waals surface area contributed by atoms with Crippen molar-refractivity contribution < 1.29 is 9.63 Å². The van der Waals surface area contributed by atoms with Gasteiger partial charge in [0.05, 0.1) is 11.3 Å². The van der Waals surface area contributed by atoms with E-state index in [0.29, 0.717) is 23.6 Å². The number of carbonyl (C=O) groups excluding carboxylic acids is 1. The maximum absolute atomic E-state index is 12.8. The monoisotopic (exact) mass is 587 g/mol. The fraction of sp³-hybridized carbons (Fsp3) is 0.273. The molecule has 0 aromatic heterocycles. The van der Waals surface area contributed by atoms with E-state index in [0.717, 1.165) is 58.8 Å². The zero-order chi connectivity index (χ0) is 20.5. The SMILES string of the molecule is Cl.Cl.O=C1Nc2ccc(I)cc2/C1=C1/Nc2ccccc2/C1=N\OCCN1CCNCC1. The molecule has 1 amide bonds. The lowest BCUT2D eigenvalue weighted by Gasteiger charge is -2.26. The molecule has 0 aliphatic carbocycles. The summed E-state index contributed by atoms with van der Waals surface area (Å²) in [6.07, 6.45) is 0. The molecule has 0 spiro atoms. The average Bonchev–Trinajstić information content (AvgIpc) is 3.28. The van der Waals surface area contributed by atoms with Crippen molar-refractivity contribution in [3.05, 3.63) is 62.9 Å². The lowest BCUT2D eigenvalue weighted by Crippen LogP contribution is -2.44. The predicted octanol–water partition coefficient (Wildman–Crippen LogP) is 3.55. The van der Waals surface area contributed by atoms with Crippen LogP contribution in [0.4, 0.5) is 11.4 Å². The molecule has 3 aliphatic rings. The lowest BCUT2D eigenvalue weighted by molar-refractivity contribution is -0.110. The Bertz CT molecular complexity index is 1070. The first kappa shape index (κ1) is 24.8. The van der Waals surface area contributed by atoms with Gasteiger partial charge in [0.15, 0.2) is 0 Å². The maximum atomic E-state index is 12.8. The van der Waals surface area contributed by atoms with Crippen molar-refractivity contribution in [1.29, 1.82) is 0 Å². The van der Waals surface area contributed by atoms with Crippen LogP contribution in [0.15, 0.2) is 53.3 Å². The number of rotatable bonds is 4. The Labute approximate surface area is 213 Å². The predicted molar refractivity (Wildman–Crippen MR) is 141 cm³/mol. The Balaban J connectivity index is 0.00000144. The average molecular weight is 588 g/mol. The van der Waals surface area contributed by atoms with Gasteiger partial charge in [-0.3, -0.25) is 9.69 Å². The number of piperazine rings is 1. The van der Waals surface area contributed by atoms with Gasteiger partial charge in [-0.25, -0.2) is 0 Å². The highest BCUT2D eigenvalue weighted by Gasteiger charge is 2.34. The second-order valence-corrected chi connectivity index (χ2v) is 8.68. The van der Waals surface area contributed by atoms with E-state index in [1.807, 2.05) is 42.5 Å². The standard InChI is InChI=1S/C22H22IN5O2.2ClH/c23-14-5-6-18-16(13-14)19(22(29)26-18)21-20(15-3-1-2-4-17(15)25-21)27-30-12-11-28-9-7-24-8-10-28;;/h1-6,13,24-25H,7-12H2,(H,26,29);2*1H/b21-19-,27-20+;;. The third-order valence-electron chi connectivity index (χ3n) is 5.52. The Morgan fingerprint density at radius 3 is 2.56 bits per heavy atom. The molecule has 3 heterocycles. The summed E-state index contributed by atoms with van der Waals surface area (Å²) >= 11 is 2.26. The molecule has 10 heteroatoms. The van der Waals surface area contributed by atoms with E-state index >= 15 is 0 Å². The molecule has 3 N–H and O–H groups in total. The van der Waals surface area contributed by atoms with Crippen LogP contribution < -0.4 is 16.0 Å². The van der Waals surface area contributed by atoms with Crippen LogP contribution in [0.2, 0.25) is 0 Å². The van der Waals surface area contributed by atoms with Crippen LogP contribution in [0.25, 0.3) is 5.57 Å². The van der Waals surface area contributed by atoms with Crippen molar-refractivity contribution >= 4 is 76.0 Å². The number of carbonyl (C=O) groups is 1. The van der Waals surface area contributed by atoms with Crippen molar-refractivity contribution in [2.45, 2.75) is 0 Å². The number of anilines is 2. The van der Waals surface area contributed by atoms with Gasteiger partial charge in [-0.15, -0.1) is 24.8 Å². The Morgan fingerprint density at radius 1 is 1.00 bits per heavy atom. The van der Waals surface area contributed by atoms with E-state index in [2.05, 4.69) is 48.6 Å². The van der Waals surface area contributed by atoms with Crippen molar-refractivity contribution in [2.24, 2.45) is 5.16 Å². The number of hydrogen-bond donors (Lipinski definition) is 3. The third kappa shape index (κ3) is 4.89. The summed E-state index contributed by atoms with van der Waals surface area (Å²) in [6, 6.07) is 13.9. The summed E-state index contributed by atoms with van der Waals surface area (Å²) in [4.78, 5) is 20.9. The van der Waals surface area contributed by atoms with Crippen molar-refractivity contribution in [3.63, 3.8) is 0 Å². The number of fused-ring (bicyclic) bond motifs is 2. The molecule has 0 bridgehead atoms. The van der Waals surface area contributed by atoms with E-state index in [1.54, 1.807) is 0 Å². The largest absolute Gasteiger partial charge is 0.394 e. The molecule has 1 saturated heterocycles. The first-order valence-electron chi connectivity index (χ1n) is 10.1. The molecule has 0 atom stereocenters. The zero-order valence-electron chi connectivity index (χ0n) is 17.2. The fourth-order valence-electron chi connectivity index (χ4n) is 4.01. The Morgan fingerprint density at radius 2 is 1.75 bits per heavy atom. The van der Waals surface area contributed by atoms with Gasteiger partial charge in [0.1, 0.15) is 12.3 Å². The molecule has 32 heavy (non-hydrogen) atoms. The molecule has 7 nitrogen and oxygen atoms in total. The van der Waals surface area contributed by atoms with Gasteiger partial charge in [0, 0.05) is 58.8 Å². The summed E-state index contributed by atoms with van der Waals surface area (Å²) in [7, 11) is 0. The van der Waals surface area contributed by atoms with E-state index < -0.39 is 0 Å².